The normalized spacial score (nSPS) is 24.6. The summed E-state index contributed by atoms with van der Waals surface area (Å²) in [6.45, 7) is 12.7. The summed E-state index contributed by atoms with van der Waals surface area (Å²) in [5.74, 6) is 1.11. The van der Waals surface area contributed by atoms with Crippen molar-refractivity contribution >= 4 is 5.91 Å². The maximum absolute atomic E-state index is 11.8. The van der Waals surface area contributed by atoms with E-state index in [1.54, 1.807) is 0 Å². The third-order valence-corrected chi connectivity index (χ3v) is 3.11. The van der Waals surface area contributed by atoms with Crippen molar-refractivity contribution in [1.82, 2.24) is 4.90 Å². The Hall–Kier alpha value is -0.530. The lowest BCUT2D eigenvalue weighted by Crippen LogP contribution is -2.22. The molecule has 0 N–H and O–H groups in total. The molecule has 2 nitrogen and oxygen atoms in total. The number of hydrogen-bond acceptors (Lipinski definition) is 1. The van der Waals surface area contributed by atoms with Crippen LogP contribution in [0.5, 0.6) is 0 Å². The zero-order valence-corrected chi connectivity index (χ0v) is 10.3. The van der Waals surface area contributed by atoms with Crippen molar-refractivity contribution in [3.63, 3.8) is 0 Å². The minimum Gasteiger partial charge on any atom is -0.330 e. The van der Waals surface area contributed by atoms with Crippen molar-refractivity contribution < 1.29 is 4.79 Å². The Morgan fingerprint density at radius 1 is 1.29 bits per heavy atom. The van der Waals surface area contributed by atoms with Gasteiger partial charge in [-0.05, 0) is 26.2 Å². The van der Waals surface area contributed by atoms with Gasteiger partial charge in [0.05, 0.1) is 11.6 Å². The third-order valence-electron chi connectivity index (χ3n) is 3.11. The lowest BCUT2D eigenvalue weighted by Gasteiger charge is -2.09. The summed E-state index contributed by atoms with van der Waals surface area (Å²) >= 11 is 0. The fourth-order valence-corrected chi connectivity index (χ4v) is 2.12. The van der Waals surface area contributed by atoms with Gasteiger partial charge in [-0.15, -0.1) is 0 Å². The standard InChI is InChI=1S/C12H23NO/c1-8(2)7-10-12(5,6)13(10)11(14)9(3)4/h8-10H,7H2,1-6H3. The molecule has 0 radical (unpaired) electrons. The summed E-state index contributed by atoms with van der Waals surface area (Å²) in [4.78, 5) is 13.9. The van der Waals surface area contributed by atoms with Crippen molar-refractivity contribution in [2.24, 2.45) is 11.8 Å². The average Bonchev–Trinajstić information content (AvgIpc) is 2.50. The van der Waals surface area contributed by atoms with E-state index in [0.29, 0.717) is 17.9 Å². The lowest BCUT2D eigenvalue weighted by atomic mass is 10.0. The third kappa shape index (κ3) is 1.94. The van der Waals surface area contributed by atoms with Crippen LogP contribution in [0.3, 0.4) is 0 Å². The molecule has 14 heavy (non-hydrogen) atoms. The maximum atomic E-state index is 11.8. The summed E-state index contributed by atoms with van der Waals surface area (Å²) in [6.07, 6.45) is 1.13. The van der Waals surface area contributed by atoms with Gasteiger partial charge in [0.25, 0.3) is 0 Å². The van der Waals surface area contributed by atoms with E-state index in [1.807, 2.05) is 13.8 Å². The van der Waals surface area contributed by atoms with Gasteiger partial charge in [0.2, 0.25) is 5.91 Å². The molecule has 0 saturated carbocycles. The van der Waals surface area contributed by atoms with Crippen LogP contribution in [0.15, 0.2) is 0 Å². The number of carbonyl (C=O) groups excluding carboxylic acids is 1. The average molecular weight is 197 g/mol. The second-order valence-electron chi connectivity index (χ2n) is 5.66. The van der Waals surface area contributed by atoms with E-state index in [4.69, 9.17) is 0 Å². The van der Waals surface area contributed by atoms with Crippen LogP contribution in [0.2, 0.25) is 0 Å². The van der Waals surface area contributed by atoms with Crippen molar-refractivity contribution in [3.05, 3.63) is 0 Å². The molecule has 1 rings (SSSR count). The first kappa shape index (κ1) is 11.5. The molecule has 1 aliphatic rings. The van der Waals surface area contributed by atoms with Crippen LogP contribution in [-0.2, 0) is 4.79 Å². The van der Waals surface area contributed by atoms with E-state index < -0.39 is 0 Å². The fraction of sp³-hybridized carbons (Fsp3) is 0.917. The molecule has 1 aliphatic heterocycles. The summed E-state index contributed by atoms with van der Waals surface area (Å²) in [5.41, 5.74) is 0.103. The molecule has 82 valence electrons. The zero-order valence-electron chi connectivity index (χ0n) is 10.3. The second-order valence-corrected chi connectivity index (χ2v) is 5.66. The minimum absolute atomic E-state index is 0.103. The van der Waals surface area contributed by atoms with E-state index in [-0.39, 0.29) is 11.5 Å². The van der Waals surface area contributed by atoms with Crippen LogP contribution in [0.1, 0.15) is 48.0 Å². The number of carbonyl (C=O) groups is 1. The largest absolute Gasteiger partial charge is 0.330 e. The molecule has 0 aromatic rings. The number of hydrogen-bond donors (Lipinski definition) is 0. The molecule has 0 aromatic carbocycles. The van der Waals surface area contributed by atoms with E-state index in [0.717, 1.165) is 6.42 Å². The van der Waals surface area contributed by atoms with Crippen LogP contribution in [-0.4, -0.2) is 22.4 Å². The minimum atomic E-state index is 0.103. The Morgan fingerprint density at radius 2 is 1.79 bits per heavy atom. The van der Waals surface area contributed by atoms with Crippen LogP contribution < -0.4 is 0 Å². The Labute approximate surface area is 87.7 Å². The SMILES string of the molecule is CC(C)CC1N(C(=O)C(C)C)C1(C)C. The van der Waals surface area contributed by atoms with Crippen molar-refractivity contribution in [1.29, 1.82) is 0 Å². The quantitative estimate of drug-likeness (QED) is 0.637. The van der Waals surface area contributed by atoms with Gasteiger partial charge in [-0.3, -0.25) is 4.79 Å². The van der Waals surface area contributed by atoms with E-state index in [9.17, 15) is 4.79 Å². The summed E-state index contributed by atoms with van der Waals surface area (Å²) < 4.78 is 0. The Morgan fingerprint density at radius 3 is 2.14 bits per heavy atom. The van der Waals surface area contributed by atoms with Gasteiger partial charge >= 0.3 is 0 Å². The Bertz CT molecular complexity index is 230. The van der Waals surface area contributed by atoms with Crippen LogP contribution in [0.25, 0.3) is 0 Å². The molecule has 1 unspecified atom stereocenters. The van der Waals surface area contributed by atoms with Crippen LogP contribution >= 0.6 is 0 Å². The van der Waals surface area contributed by atoms with E-state index in [1.165, 1.54) is 0 Å². The van der Waals surface area contributed by atoms with Crippen molar-refractivity contribution in [2.75, 3.05) is 0 Å². The molecule has 1 amide bonds. The van der Waals surface area contributed by atoms with Crippen LogP contribution in [0, 0.1) is 11.8 Å². The second kappa shape index (κ2) is 3.56. The zero-order chi connectivity index (χ0) is 11.1. The highest BCUT2D eigenvalue weighted by Crippen LogP contribution is 2.44. The van der Waals surface area contributed by atoms with Crippen molar-refractivity contribution in [2.45, 2.75) is 59.5 Å². The highest BCUT2D eigenvalue weighted by atomic mass is 16.2. The predicted molar refractivity (Wildman–Crippen MR) is 59.0 cm³/mol. The molecule has 0 aromatic heterocycles. The van der Waals surface area contributed by atoms with Gasteiger partial charge in [0, 0.05) is 5.92 Å². The number of amides is 1. The molecule has 0 bridgehead atoms. The van der Waals surface area contributed by atoms with Gasteiger partial charge in [-0.1, -0.05) is 27.7 Å². The van der Waals surface area contributed by atoms with Crippen LogP contribution in [0.4, 0.5) is 0 Å². The molecule has 1 saturated heterocycles. The highest BCUT2D eigenvalue weighted by molar-refractivity contribution is 5.82. The molecule has 1 heterocycles. The van der Waals surface area contributed by atoms with Crippen molar-refractivity contribution in [3.8, 4) is 0 Å². The molecule has 1 atom stereocenters. The first-order valence-corrected chi connectivity index (χ1v) is 5.61. The highest BCUT2D eigenvalue weighted by Gasteiger charge is 2.57. The fourth-order valence-electron chi connectivity index (χ4n) is 2.12. The maximum Gasteiger partial charge on any atom is 0.225 e. The van der Waals surface area contributed by atoms with Gasteiger partial charge in [0.15, 0.2) is 0 Å². The summed E-state index contributed by atoms with van der Waals surface area (Å²) in [5, 5.41) is 0. The monoisotopic (exact) mass is 197 g/mol. The van der Waals surface area contributed by atoms with E-state index in [2.05, 4.69) is 32.6 Å². The van der Waals surface area contributed by atoms with Gasteiger partial charge < -0.3 is 4.90 Å². The van der Waals surface area contributed by atoms with Gasteiger partial charge in [-0.25, -0.2) is 0 Å². The molecule has 1 fully saturated rings. The Kier molecular flexibility index (Phi) is 2.93. The topological polar surface area (TPSA) is 20.1 Å². The van der Waals surface area contributed by atoms with E-state index >= 15 is 0 Å². The Balaban J connectivity index is 2.61. The molecular weight excluding hydrogens is 174 g/mol. The van der Waals surface area contributed by atoms with Gasteiger partial charge in [-0.2, -0.15) is 0 Å². The predicted octanol–water partition coefficient (Wildman–Crippen LogP) is 2.68. The summed E-state index contributed by atoms with van der Waals surface area (Å²) in [6, 6.07) is 0.470. The summed E-state index contributed by atoms with van der Waals surface area (Å²) in [7, 11) is 0. The number of rotatable bonds is 3. The van der Waals surface area contributed by atoms with Gasteiger partial charge in [0.1, 0.15) is 0 Å². The first-order chi connectivity index (χ1) is 6.28. The molecule has 2 heteroatoms. The first-order valence-electron chi connectivity index (χ1n) is 5.61. The molecule has 0 spiro atoms. The molecule has 0 aliphatic carbocycles. The number of nitrogens with zero attached hydrogens (tertiary/aromatic N) is 1. The lowest BCUT2D eigenvalue weighted by molar-refractivity contribution is -0.130. The molecular formula is C12H23NO. The smallest absolute Gasteiger partial charge is 0.225 e.